The molecule has 94 valence electrons. The molecule has 0 unspecified atom stereocenters. The van der Waals surface area contributed by atoms with Crippen LogP contribution in [0.4, 0.5) is 0 Å². The first-order valence-electron chi connectivity index (χ1n) is 6.39. The Hall–Kier alpha value is -1.31. The van der Waals surface area contributed by atoms with Crippen molar-refractivity contribution in [2.75, 3.05) is 6.61 Å². The van der Waals surface area contributed by atoms with Gasteiger partial charge in [-0.25, -0.2) is 4.79 Å². The van der Waals surface area contributed by atoms with Crippen LogP contribution in [0, 0.1) is 13.8 Å². The van der Waals surface area contributed by atoms with Gasteiger partial charge < -0.3 is 4.74 Å². The molecule has 0 fully saturated rings. The van der Waals surface area contributed by atoms with Gasteiger partial charge in [-0.15, -0.1) is 0 Å². The lowest BCUT2D eigenvalue weighted by atomic mass is 10.1. The minimum absolute atomic E-state index is 0.201. The molecule has 0 aliphatic carbocycles. The predicted molar refractivity (Wildman–Crippen MR) is 70.3 cm³/mol. The van der Waals surface area contributed by atoms with Crippen LogP contribution >= 0.6 is 0 Å². The summed E-state index contributed by atoms with van der Waals surface area (Å²) in [5, 5.41) is 0. The average molecular weight is 234 g/mol. The van der Waals surface area contributed by atoms with Crippen molar-refractivity contribution in [1.82, 2.24) is 0 Å². The first-order chi connectivity index (χ1) is 8.13. The number of hydrogen-bond donors (Lipinski definition) is 0. The predicted octanol–water partition coefficient (Wildman–Crippen LogP) is 4.04. The Morgan fingerprint density at radius 2 is 1.71 bits per heavy atom. The molecule has 0 aliphatic rings. The third-order valence-corrected chi connectivity index (χ3v) is 2.69. The number of aryl methyl sites for hydroxylation is 2. The molecule has 0 saturated heterocycles. The van der Waals surface area contributed by atoms with Gasteiger partial charge in [0.15, 0.2) is 0 Å². The van der Waals surface area contributed by atoms with E-state index in [2.05, 4.69) is 13.0 Å². The Bertz CT molecular complexity index is 349. The molecule has 1 aromatic carbocycles. The molecule has 1 aromatic rings. The molecule has 0 spiro atoms. The molecule has 2 heteroatoms. The lowest BCUT2D eigenvalue weighted by Crippen LogP contribution is -2.07. The van der Waals surface area contributed by atoms with Gasteiger partial charge >= 0.3 is 5.97 Å². The highest BCUT2D eigenvalue weighted by Crippen LogP contribution is 2.10. The molecule has 0 heterocycles. The van der Waals surface area contributed by atoms with E-state index in [1.807, 2.05) is 26.0 Å². The largest absolute Gasteiger partial charge is 0.462 e. The molecule has 0 saturated carbocycles. The van der Waals surface area contributed by atoms with Crippen molar-refractivity contribution in [1.29, 1.82) is 0 Å². The zero-order valence-corrected chi connectivity index (χ0v) is 11.1. The van der Waals surface area contributed by atoms with Crippen LogP contribution in [0.2, 0.25) is 0 Å². The molecule has 17 heavy (non-hydrogen) atoms. The first-order valence-corrected chi connectivity index (χ1v) is 6.39. The van der Waals surface area contributed by atoms with Gasteiger partial charge in [0.25, 0.3) is 0 Å². The summed E-state index contributed by atoms with van der Waals surface area (Å²) in [4.78, 5) is 11.8. The summed E-state index contributed by atoms with van der Waals surface area (Å²) in [7, 11) is 0. The zero-order chi connectivity index (χ0) is 12.7. The molecule has 0 radical (unpaired) electrons. The molecule has 0 N–H and O–H groups in total. The lowest BCUT2D eigenvalue weighted by Gasteiger charge is -2.06. The van der Waals surface area contributed by atoms with Crippen LogP contribution in [-0.2, 0) is 4.74 Å². The zero-order valence-electron chi connectivity index (χ0n) is 11.1. The Morgan fingerprint density at radius 1 is 1.06 bits per heavy atom. The minimum Gasteiger partial charge on any atom is -0.462 e. The van der Waals surface area contributed by atoms with Crippen molar-refractivity contribution in [2.24, 2.45) is 0 Å². The molecule has 2 nitrogen and oxygen atoms in total. The molecular formula is C15H22O2. The van der Waals surface area contributed by atoms with Gasteiger partial charge in [0, 0.05) is 0 Å². The third kappa shape index (κ3) is 5.03. The standard InChI is InChI=1S/C15H22O2/c1-4-5-6-7-8-17-15(16)14-10-12(2)9-13(3)11-14/h9-11H,4-8H2,1-3H3. The van der Waals surface area contributed by atoms with Gasteiger partial charge in [-0.3, -0.25) is 0 Å². The monoisotopic (exact) mass is 234 g/mol. The number of rotatable bonds is 6. The topological polar surface area (TPSA) is 26.3 Å². The normalized spacial score (nSPS) is 10.3. The van der Waals surface area contributed by atoms with Crippen LogP contribution in [0.25, 0.3) is 0 Å². The van der Waals surface area contributed by atoms with Crippen LogP contribution in [0.3, 0.4) is 0 Å². The summed E-state index contributed by atoms with van der Waals surface area (Å²) in [6, 6.07) is 5.81. The smallest absolute Gasteiger partial charge is 0.338 e. The fourth-order valence-electron chi connectivity index (χ4n) is 1.87. The number of hydrogen-bond acceptors (Lipinski definition) is 2. The maximum atomic E-state index is 11.8. The minimum atomic E-state index is -0.201. The quantitative estimate of drug-likeness (QED) is 0.548. The highest BCUT2D eigenvalue weighted by molar-refractivity contribution is 5.89. The van der Waals surface area contributed by atoms with E-state index in [9.17, 15) is 4.79 Å². The molecular weight excluding hydrogens is 212 g/mol. The highest BCUT2D eigenvalue weighted by Gasteiger charge is 2.07. The summed E-state index contributed by atoms with van der Waals surface area (Å²) in [6.45, 7) is 6.68. The second-order valence-corrected chi connectivity index (χ2v) is 4.57. The van der Waals surface area contributed by atoms with Crippen molar-refractivity contribution in [3.05, 3.63) is 34.9 Å². The van der Waals surface area contributed by atoms with Gasteiger partial charge in [-0.05, 0) is 32.4 Å². The Balaban J connectivity index is 2.41. The molecule has 0 bridgehead atoms. The first kappa shape index (κ1) is 13.8. The Kier molecular flexibility index (Phi) is 5.75. The van der Waals surface area contributed by atoms with Gasteiger partial charge in [0.05, 0.1) is 12.2 Å². The van der Waals surface area contributed by atoms with E-state index in [1.165, 1.54) is 12.8 Å². The van der Waals surface area contributed by atoms with Crippen molar-refractivity contribution < 1.29 is 9.53 Å². The lowest BCUT2D eigenvalue weighted by molar-refractivity contribution is 0.0497. The van der Waals surface area contributed by atoms with Crippen LogP contribution in [0.5, 0.6) is 0 Å². The fraction of sp³-hybridized carbons (Fsp3) is 0.533. The second kappa shape index (κ2) is 7.10. The van der Waals surface area contributed by atoms with Crippen molar-refractivity contribution >= 4 is 5.97 Å². The van der Waals surface area contributed by atoms with Crippen LogP contribution in [-0.4, -0.2) is 12.6 Å². The van der Waals surface area contributed by atoms with E-state index in [-0.39, 0.29) is 5.97 Å². The van der Waals surface area contributed by atoms with Gasteiger partial charge in [0.1, 0.15) is 0 Å². The third-order valence-electron chi connectivity index (χ3n) is 2.69. The van der Waals surface area contributed by atoms with Crippen molar-refractivity contribution in [3.63, 3.8) is 0 Å². The second-order valence-electron chi connectivity index (χ2n) is 4.57. The number of carbonyl (C=O) groups is 1. The van der Waals surface area contributed by atoms with E-state index in [1.54, 1.807) is 0 Å². The fourth-order valence-corrected chi connectivity index (χ4v) is 1.87. The van der Waals surface area contributed by atoms with Crippen molar-refractivity contribution in [3.8, 4) is 0 Å². The Morgan fingerprint density at radius 3 is 2.29 bits per heavy atom. The van der Waals surface area contributed by atoms with Crippen LogP contribution < -0.4 is 0 Å². The van der Waals surface area contributed by atoms with E-state index in [0.717, 1.165) is 24.0 Å². The molecule has 0 amide bonds. The Labute approximate surface area is 104 Å². The van der Waals surface area contributed by atoms with Crippen LogP contribution in [0.15, 0.2) is 18.2 Å². The van der Waals surface area contributed by atoms with Crippen molar-refractivity contribution in [2.45, 2.75) is 46.5 Å². The van der Waals surface area contributed by atoms with Gasteiger partial charge in [0.2, 0.25) is 0 Å². The van der Waals surface area contributed by atoms with E-state index in [4.69, 9.17) is 4.74 Å². The number of esters is 1. The molecule has 1 rings (SSSR count). The molecule has 0 atom stereocenters. The SMILES string of the molecule is CCCCCCOC(=O)c1cc(C)cc(C)c1. The number of unbranched alkanes of at least 4 members (excludes halogenated alkanes) is 3. The summed E-state index contributed by atoms with van der Waals surface area (Å²) in [5.74, 6) is -0.201. The molecule has 0 aliphatic heterocycles. The average Bonchev–Trinajstić information content (AvgIpc) is 2.27. The van der Waals surface area contributed by atoms with Crippen LogP contribution in [0.1, 0.15) is 54.1 Å². The molecule has 0 aromatic heterocycles. The summed E-state index contributed by atoms with van der Waals surface area (Å²) in [6.07, 6.45) is 4.51. The number of benzene rings is 1. The summed E-state index contributed by atoms with van der Waals surface area (Å²) >= 11 is 0. The maximum absolute atomic E-state index is 11.8. The number of carbonyl (C=O) groups excluding carboxylic acids is 1. The van der Waals surface area contributed by atoms with Gasteiger partial charge in [-0.2, -0.15) is 0 Å². The van der Waals surface area contributed by atoms with E-state index in [0.29, 0.717) is 12.2 Å². The summed E-state index contributed by atoms with van der Waals surface area (Å²) < 4.78 is 5.25. The van der Waals surface area contributed by atoms with E-state index < -0.39 is 0 Å². The number of ether oxygens (including phenoxy) is 1. The van der Waals surface area contributed by atoms with Gasteiger partial charge in [-0.1, -0.05) is 43.4 Å². The van der Waals surface area contributed by atoms with E-state index >= 15 is 0 Å². The highest BCUT2D eigenvalue weighted by atomic mass is 16.5. The maximum Gasteiger partial charge on any atom is 0.338 e. The summed E-state index contributed by atoms with van der Waals surface area (Å²) in [5.41, 5.74) is 2.86.